The average molecular weight is 264 g/mol. The molecule has 4 heteroatoms. The van der Waals surface area contributed by atoms with Crippen LogP contribution in [0, 0.1) is 5.92 Å². The van der Waals surface area contributed by atoms with Crippen LogP contribution in [0.1, 0.15) is 12.5 Å². The lowest BCUT2D eigenvalue weighted by Gasteiger charge is -2.08. The Morgan fingerprint density at radius 3 is 2.73 bits per heavy atom. The summed E-state index contributed by atoms with van der Waals surface area (Å²) in [4.78, 5) is 0. The summed E-state index contributed by atoms with van der Waals surface area (Å²) in [5.41, 5.74) is 6.68. The van der Waals surface area contributed by atoms with Crippen LogP contribution in [0.25, 0.3) is 0 Å². The molecule has 1 unspecified atom stereocenters. The molecule has 0 fully saturated rings. The molecular formula is C11H15Cl2NS. The van der Waals surface area contributed by atoms with Crippen molar-refractivity contribution in [2.24, 2.45) is 11.7 Å². The molecule has 0 radical (unpaired) electrons. The predicted octanol–water partition coefficient (Wildman–Crippen LogP) is 3.82. The van der Waals surface area contributed by atoms with Crippen LogP contribution < -0.4 is 5.73 Å². The lowest BCUT2D eigenvalue weighted by molar-refractivity contribution is 0.675. The van der Waals surface area contributed by atoms with E-state index in [0.29, 0.717) is 10.9 Å². The maximum atomic E-state index is 6.06. The molecule has 1 nitrogen and oxygen atoms in total. The van der Waals surface area contributed by atoms with E-state index in [1.807, 2.05) is 23.9 Å². The van der Waals surface area contributed by atoms with Crippen molar-refractivity contribution in [1.29, 1.82) is 0 Å². The molecule has 2 N–H and O–H groups in total. The fraction of sp³-hybridized carbons (Fsp3) is 0.455. The molecule has 1 aromatic carbocycles. The summed E-state index contributed by atoms with van der Waals surface area (Å²) >= 11 is 13.7. The van der Waals surface area contributed by atoms with Gasteiger partial charge in [0.15, 0.2) is 0 Å². The van der Waals surface area contributed by atoms with E-state index >= 15 is 0 Å². The smallest absolute Gasteiger partial charge is 0.0461 e. The second-order valence-corrected chi connectivity index (χ2v) is 5.47. The minimum Gasteiger partial charge on any atom is -0.330 e. The Balaban J connectivity index is 2.44. The van der Waals surface area contributed by atoms with Gasteiger partial charge in [0.2, 0.25) is 0 Å². The first-order valence-electron chi connectivity index (χ1n) is 4.85. The molecule has 0 amide bonds. The van der Waals surface area contributed by atoms with Gasteiger partial charge in [-0.2, -0.15) is 11.8 Å². The summed E-state index contributed by atoms with van der Waals surface area (Å²) in [5.74, 6) is 2.54. The van der Waals surface area contributed by atoms with Crippen molar-refractivity contribution in [3.05, 3.63) is 33.8 Å². The Bertz CT molecular complexity index is 317. The van der Waals surface area contributed by atoms with E-state index in [1.165, 1.54) is 0 Å². The summed E-state index contributed by atoms with van der Waals surface area (Å²) in [6.45, 7) is 2.89. The van der Waals surface area contributed by atoms with Crippen LogP contribution in [0.15, 0.2) is 18.2 Å². The topological polar surface area (TPSA) is 26.0 Å². The summed E-state index contributed by atoms with van der Waals surface area (Å²) in [7, 11) is 0. The van der Waals surface area contributed by atoms with Crippen molar-refractivity contribution >= 4 is 35.0 Å². The molecule has 0 aromatic heterocycles. The van der Waals surface area contributed by atoms with E-state index in [1.54, 1.807) is 6.07 Å². The van der Waals surface area contributed by atoms with Crippen LogP contribution in [0.4, 0.5) is 0 Å². The molecule has 0 saturated carbocycles. The molecule has 0 spiro atoms. The van der Waals surface area contributed by atoms with Crippen LogP contribution in [0.5, 0.6) is 0 Å². The van der Waals surface area contributed by atoms with E-state index in [-0.39, 0.29) is 0 Å². The van der Waals surface area contributed by atoms with E-state index in [4.69, 9.17) is 28.9 Å². The van der Waals surface area contributed by atoms with Crippen molar-refractivity contribution in [3.63, 3.8) is 0 Å². The van der Waals surface area contributed by atoms with Crippen molar-refractivity contribution in [2.75, 3.05) is 12.3 Å². The Labute approximate surface area is 105 Å². The lowest BCUT2D eigenvalue weighted by atomic mass is 10.2. The zero-order valence-electron chi connectivity index (χ0n) is 8.67. The first-order valence-corrected chi connectivity index (χ1v) is 6.76. The summed E-state index contributed by atoms with van der Waals surface area (Å²) < 4.78 is 0. The van der Waals surface area contributed by atoms with Crippen LogP contribution in [0.3, 0.4) is 0 Å². The average Bonchev–Trinajstić information content (AvgIpc) is 2.21. The standard InChI is InChI=1S/C11H15Cl2NS/c1-8(5-14)6-15-7-9-2-3-10(12)4-11(9)13/h2-4,8H,5-7,14H2,1H3. The molecule has 15 heavy (non-hydrogen) atoms. The van der Waals surface area contributed by atoms with Crippen LogP contribution in [-0.4, -0.2) is 12.3 Å². The van der Waals surface area contributed by atoms with Gasteiger partial charge in [0.1, 0.15) is 0 Å². The van der Waals surface area contributed by atoms with Gasteiger partial charge in [-0.05, 0) is 35.9 Å². The summed E-state index contributed by atoms with van der Waals surface area (Å²) in [6.07, 6.45) is 0. The third-order valence-electron chi connectivity index (χ3n) is 2.08. The number of thioether (sulfide) groups is 1. The van der Waals surface area contributed by atoms with E-state index in [0.717, 1.165) is 28.6 Å². The number of benzene rings is 1. The Hall–Kier alpha value is 0.110. The molecule has 1 rings (SSSR count). The molecular weight excluding hydrogens is 249 g/mol. The van der Waals surface area contributed by atoms with E-state index < -0.39 is 0 Å². The highest BCUT2D eigenvalue weighted by atomic mass is 35.5. The quantitative estimate of drug-likeness (QED) is 0.874. The Kier molecular flexibility index (Phi) is 5.83. The minimum absolute atomic E-state index is 0.557. The van der Waals surface area contributed by atoms with Gasteiger partial charge < -0.3 is 5.73 Å². The van der Waals surface area contributed by atoms with Crippen LogP contribution in [-0.2, 0) is 5.75 Å². The van der Waals surface area contributed by atoms with Crippen LogP contribution >= 0.6 is 35.0 Å². The van der Waals surface area contributed by atoms with Gasteiger partial charge in [-0.3, -0.25) is 0 Å². The van der Waals surface area contributed by atoms with Crippen molar-refractivity contribution in [2.45, 2.75) is 12.7 Å². The minimum atomic E-state index is 0.557. The van der Waals surface area contributed by atoms with Gasteiger partial charge in [0.25, 0.3) is 0 Å². The third kappa shape index (κ3) is 4.64. The largest absolute Gasteiger partial charge is 0.330 e. The Morgan fingerprint density at radius 1 is 1.40 bits per heavy atom. The van der Waals surface area contributed by atoms with Crippen molar-refractivity contribution < 1.29 is 0 Å². The number of halogens is 2. The molecule has 0 heterocycles. The highest BCUT2D eigenvalue weighted by molar-refractivity contribution is 7.98. The molecule has 0 bridgehead atoms. The molecule has 0 aliphatic rings. The lowest BCUT2D eigenvalue weighted by Crippen LogP contribution is -2.12. The highest BCUT2D eigenvalue weighted by Gasteiger charge is 2.03. The van der Waals surface area contributed by atoms with Gasteiger partial charge in [0.05, 0.1) is 0 Å². The Morgan fingerprint density at radius 2 is 2.13 bits per heavy atom. The van der Waals surface area contributed by atoms with E-state index in [9.17, 15) is 0 Å². The second kappa shape index (κ2) is 6.64. The maximum absolute atomic E-state index is 6.06. The summed E-state index contributed by atoms with van der Waals surface area (Å²) in [5, 5.41) is 1.43. The first-order chi connectivity index (χ1) is 7.13. The number of hydrogen-bond donors (Lipinski definition) is 1. The fourth-order valence-corrected chi connectivity index (χ4v) is 2.76. The zero-order chi connectivity index (χ0) is 11.3. The predicted molar refractivity (Wildman–Crippen MR) is 70.8 cm³/mol. The molecule has 1 aromatic rings. The van der Waals surface area contributed by atoms with Gasteiger partial charge >= 0.3 is 0 Å². The van der Waals surface area contributed by atoms with Crippen molar-refractivity contribution in [3.8, 4) is 0 Å². The number of hydrogen-bond acceptors (Lipinski definition) is 2. The normalized spacial score (nSPS) is 12.8. The molecule has 1 atom stereocenters. The monoisotopic (exact) mass is 263 g/mol. The van der Waals surface area contributed by atoms with Gasteiger partial charge in [-0.1, -0.05) is 36.2 Å². The van der Waals surface area contributed by atoms with E-state index in [2.05, 4.69) is 6.92 Å². The zero-order valence-corrected chi connectivity index (χ0v) is 11.0. The second-order valence-electron chi connectivity index (χ2n) is 3.59. The van der Waals surface area contributed by atoms with Gasteiger partial charge in [-0.15, -0.1) is 0 Å². The number of rotatable bonds is 5. The van der Waals surface area contributed by atoms with Crippen molar-refractivity contribution in [1.82, 2.24) is 0 Å². The molecule has 0 aliphatic carbocycles. The molecule has 0 saturated heterocycles. The first kappa shape index (κ1) is 13.2. The van der Waals surface area contributed by atoms with Gasteiger partial charge in [-0.25, -0.2) is 0 Å². The van der Waals surface area contributed by atoms with Gasteiger partial charge in [0, 0.05) is 15.8 Å². The van der Waals surface area contributed by atoms with Crippen LogP contribution in [0.2, 0.25) is 10.0 Å². The number of nitrogens with two attached hydrogens (primary N) is 1. The molecule has 0 aliphatic heterocycles. The SMILES string of the molecule is CC(CN)CSCc1ccc(Cl)cc1Cl. The molecule has 84 valence electrons. The summed E-state index contributed by atoms with van der Waals surface area (Å²) in [6, 6.07) is 5.63. The fourth-order valence-electron chi connectivity index (χ4n) is 1.08. The highest BCUT2D eigenvalue weighted by Crippen LogP contribution is 2.25. The maximum Gasteiger partial charge on any atom is 0.0461 e. The third-order valence-corrected chi connectivity index (χ3v) is 3.98.